The molecule has 1 unspecified atom stereocenters. The summed E-state index contributed by atoms with van der Waals surface area (Å²) in [5.41, 5.74) is 0. The number of rotatable bonds is 7. The van der Waals surface area contributed by atoms with Crippen molar-refractivity contribution < 1.29 is 26.0 Å². The highest BCUT2D eigenvalue weighted by Gasteiger charge is 2.22. The van der Waals surface area contributed by atoms with Gasteiger partial charge >= 0.3 is 0 Å². The summed E-state index contributed by atoms with van der Waals surface area (Å²) in [5, 5.41) is 0. The van der Waals surface area contributed by atoms with E-state index in [4.69, 9.17) is 15.4 Å². The first-order valence-corrected chi connectivity index (χ1v) is 9.60. The zero-order chi connectivity index (χ0) is 16.3. The zero-order valence-electron chi connectivity index (χ0n) is 11.3. The lowest BCUT2D eigenvalue weighted by molar-refractivity contribution is 0.161. The van der Waals surface area contributed by atoms with E-state index in [1.807, 2.05) is 0 Å². The van der Waals surface area contributed by atoms with Crippen molar-refractivity contribution >= 4 is 29.8 Å². The Labute approximate surface area is 127 Å². The van der Waals surface area contributed by atoms with E-state index in [2.05, 4.69) is 4.72 Å². The van der Waals surface area contributed by atoms with Gasteiger partial charge in [0.2, 0.25) is 10.0 Å². The van der Waals surface area contributed by atoms with Crippen LogP contribution in [0.2, 0.25) is 0 Å². The number of nitrogens with one attached hydrogen (secondary N) is 1. The Hall–Kier alpha value is -0.740. The van der Waals surface area contributed by atoms with E-state index in [-0.39, 0.29) is 12.5 Å². The molecule has 0 heterocycles. The largest absolute Gasteiger partial charge is 0.384 e. The molecular formula is C11H15ClFNO5S2. The van der Waals surface area contributed by atoms with Gasteiger partial charge in [-0.3, -0.25) is 0 Å². The van der Waals surface area contributed by atoms with Crippen molar-refractivity contribution in [1.82, 2.24) is 4.72 Å². The Morgan fingerprint density at radius 2 is 1.95 bits per heavy atom. The van der Waals surface area contributed by atoms with E-state index < -0.39 is 34.7 Å². The van der Waals surface area contributed by atoms with E-state index >= 15 is 0 Å². The second-order valence-corrected chi connectivity index (χ2v) is 8.74. The van der Waals surface area contributed by atoms with Gasteiger partial charge in [-0.05, 0) is 24.1 Å². The van der Waals surface area contributed by atoms with Crippen molar-refractivity contribution in [2.45, 2.75) is 16.7 Å². The number of hydrogen-bond acceptors (Lipinski definition) is 5. The molecule has 0 aliphatic heterocycles. The zero-order valence-corrected chi connectivity index (χ0v) is 13.7. The molecule has 1 aromatic rings. The standard InChI is InChI=1S/C11H15ClFNO5S2/c1-8(7-19-2)6-14-21(17,18)11-4-3-9(5-10(11)13)20(12,15)16/h3-5,8,14H,6-7H2,1-2H3. The lowest BCUT2D eigenvalue weighted by Crippen LogP contribution is -2.30. The third kappa shape index (κ3) is 5.19. The second-order valence-electron chi connectivity index (χ2n) is 4.44. The molecule has 0 aromatic heterocycles. The molecule has 1 N–H and O–H groups in total. The number of sulfonamides is 1. The van der Waals surface area contributed by atoms with Gasteiger partial charge in [0.25, 0.3) is 9.05 Å². The van der Waals surface area contributed by atoms with Crippen LogP contribution in [0.25, 0.3) is 0 Å². The average molecular weight is 360 g/mol. The summed E-state index contributed by atoms with van der Waals surface area (Å²) < 4.78 is 66.9. The van der Waals surface area contributed by atoms with Gasteiger partial charge in [0.05, 0.1) is 4.90 Å². The van der Waals surface area contributed by atoms with Crippen LogP contribution in [0.1, 0.15) is 6.92 Å². The maximum absolute atomic E-state index is 13.8. The first-order valence-electron chi connectivity index (χ1n) is 5.80. The third-order valence-electron chi connectivity index (χ3n) is 2.55. The fourth-order valence-corrected chi connectivity index (χ4v) is 3.51. The minimum absolute atomic E-state index is 0.0607. The van der Waals surface area contributed by atoms with E-state index in [0.717, 1.165) is 12.1 Å². The first-order chi connectivity index (χ1) is 9.58. The molecule has 1 atom stereocenters. The molecule has 10 heteroatoms. The SMILES string of the molecule is COCC(C)CNS(=O)(=O)c1ccc(S(=O)(=O)Cl)cc1F. The molecule has 0 aliphatic rings. The number of ether oxygens (including phenoxy) is 1. The van der Waals surface area contributed by atoms with Crippen molar-refractivity contribution in [1.29, 1.82) is 0 Å². The Morgan fingerprint density at radius 3 is 2.43 bits per heavy atom. The average Bonchev–Trinajstić information content (AvgIpc) is 2.35. The summed E-state index contributed by atoms with van der Waals surface area (Å²) in [6.07, 6.45) is 0. The second kappa shape index (κ2) is 7.01. The minimum atomic E-state index is -4.12. The molecule has 0 amide bonds. The lowest BCUT2D eigenvalue weighted by atomic mass is 10.2. The Morgan fingerprint density at radius 1 is 1.33 bits per heavy atom. The van der Waals surface area contributed by atoms with E-state index in [0.29, 0.717) is 12.7 Å². The predicted octanol–water partition coefficient (Wildman–Crippen LogP) is 1.31. The molecule has 0 spiro atoms. The van der Waals surface area contributed by atoms with Gasteiger partial charge in [-0.15, -0.1) is 0 Å². The van der Waals surface area contributed by atoms with E-state index in [1.54, 1.807) is 6.92 Å². The smallest absolute Gasteiger partial charge is 0.261 e. The highest BCUT2D eigenvalue weighted by molar-refractivity contribution is 8.13. The molecule has 0 bridgehead atoms. The molecule has 0 fully saturated rings. The Kier molecular flexibility index (Phi) is 6.11. The van der Waals surface area contributed by atoms with Crippen LogP contribution < -0.4 is 4.72 Å². The van der Waals surface area contributed by atoms with Gasteiger partial charge in [0.1, 0.15) is 10.7 Å². The first kappa shape index (κ1) is 18.3. The van der Waals surface area contributed by atoms with Crippen LogP contribution in [-0.4, -0.2) is 37.1 Å². The summed E-state index contributed by atoms with van der Waals surface area (Å²) >= 11 is 0. The van der Waals surface area contributed by atoms with Crippen LogP contribution in [0.3, 0.4) is 0 Å². The maximum Gasteiger partial charge on any atom is 0.261 e. The van der Waals surface area contributed by atoms with E-state index in [1.165, 1.54) is 7.11 Å². The molecule has 0 saturated heterocycles. The van der Waals surface area contributed by atoms with Gasteiger partial charge in [0.15, 0.2) is 0 Å². The van der Waals surface area contributed by atoms with Crippen molar-refractivity contribution in [3.05, 3.63) is 24.0 Å². The summed E-state index contributed by atoms with van der Waals surface area (Å²) in [6, 6.07) is 2.35. The lowest BCUT2D eigenvalue weighted by Gasteiger charge is -2.12. The summed E-state index contributed by atoms with van der Waals surface area (Å²) in [5.74, 6) is -1.29. The molecule has 6 nitrogen and oxygen atoms in total. The van der Waals surface area contributed by atoms with Crippen LogP contribution in [0, 0.1) is 11.7 Å². The van der Waals surface area contributed by atoms with Crippen molar-refractivity contribution in [3.63, 3.8) is 0 Å². The van der Waals surface area contributed by atoms with Crippen LogP contribution in [-0.2, 0) is 23.8 Å². The van der Waals surface area contributed by atoms with Crippen LogP contribution >= 0.6 is 10.7 Å². The highest BCUT2D eigenvalue weighted by Crippen LogP contribution is 2.21. The fraction of sp³-hybridized carbons (Fsp3) is 0.455. The number of benzene rings is 1. The molecule has 0 aliphatic carbocycles. The fourth-order valence-electron chi connectivity index (χ4n) is 1.52. The van der Waals surface area contributed by atoms with Gasteiger partial charge in [-0.25, -0.2) is 25.9 Å². The van der Waals surface area contributed by atoms with Crippen molar-refractivity contribution in [2.75, 3.05) is 20.3 Å². The summed E-state index contributed by atoms with van der Waals surface area (Å²) in [7, 11) is -1.66. The number of halogens is 2. The number of methoxy groups -OCH3 is 1. The van der Waals surface area contributed by atoms with Crippen molar-refractivity contribution in [2.24, 2.45) is 5.92 Å². The van der Waals surface area contributed by atoms with Gasteiger partial charge in [-0.2, -0.15) is 0 Å². The van der Waals surface area contributed by atoms with Crippen LogP contribution in [0.5, 0.6) is 0 Å². The summed E-state index contributed by atoms with van der Waals surface area (Å²) in [4.78, 5) is -1.15. The molecule has 120 valence electrons. The minimum Gasteiger partial charge on any atom is -0.384 e. The topological polar surface area (TPSA) is 89.5 Å². The molecule has 1 rings (SSSR count). The molecule has 0 saturated carbocycles. The molecule has 0 radical (unpaired) electrons. The summed E-state index contributed by atoms with van der Waals surface area (Å²) in [6.45, 7) is 2.16. The molecule has 21 heavy (non-hydrogen) atoms. The molecular weight excluding hydrogens is 345 g/mol. The Balaban J connectivity index is 2.99. The normalized spacial score (nSPS) is 14.1. The van der Waals surface area contributed by atoms with Crippen LogP contribution in [0.15, 0.2) is 28.0 Å². The number of hydrogen-bond donors (Lipinski definition) is 1. The van der Waals surface area contributed by atoms with Gasteiger partial charge in [-0.1, -0.05) is 6.92 Å². The predicted molar refractivity (Wildman–Crippen MR) is 75.7 cm³/mol. The van der Waals surface area contributed by atoms with Gasteiger partial charge in [0, 0.05) is 30.9 Å². The monoisotopic (exact) mass is 359 g/mol. The van der Waals surface area contributed by atoms with Crippen molar-refractivity contribution in [3.8, 4) is 0 Å². The van der Waals surface area contributed by atoms with E-state index in [9.17, 15) is 21.2 Å². The van der Waals surface area contributed by atoms with Crippen LogP contribution in [0.4, 0.5) is 4.39 Å². The highest BCUT2D eigenvalue weighted by atomic mass is 35.7. The van der Waals surface area contributed by atoms with Gasteiger partial charge < -0.3 is 4.74 Å². The quantitative estimate of drug-likeness (QED) is 0.741. The maximum atomic E-state index is 13.8. The Bertz CT molecular complexity index is 705. The third-order valence-corrected chi connectivity index (χ3v) is 5.36. The molecule has 1 aromatic carbocycles.